The highest BCUT2D eigenvalue weighted by atomic mass is 32.2. The van der Waals surface area contributed by atoms with E-state index in [1.165, 1.54) is 13.5 Å². The van der Waals surface area contributed by atoms with E-state index in [9.17, 15) is 13.2 Å². The van der Waals surface area contributed by atoms with Crippen molar-refractivity contribution in [2.75, 3.05) is 43.2 Å². The highest BCUT2D eigenvalue weighted by molar-refractivity contribution is 7.92. The van der Waals surface area contributed by atoms with Gasteiger partial charge in [0.25, 0.3) is 0 Å². The molecule has 2 amide bonds. The fourth-order valence-corrected chi connectivity index (χ4v) is 5.22. The Bertz CT molecular complexity index is 853. The molecule has 0 bridgehead atoms. The first kappa shape index (κ1) is 18.4. The van der Waals surface area contributed by atoms with E-state index in [0.717, 1.165) is 32.2 Å². The summed E-state index contributed by atoms with van der Waals surface area (Å²) in [5.74, 6) is 0.885. The molecule has 1 aromatic rings. The van der Waals surface area contributed by atoms with E-state index in [0.29, 0.717) is 29.6 Å². The van der Waals surface area contributed by atoms with Crippen LogP contribution in [0.25, 0.3) is 0 Å². The smallest absolute Gasteiger partial charge is 0.322 e. The largest absolute Gasteiger partial charge is 0.495 e. The van der Waals surface area contributed by atoms with Crippen LogP contribution in [0.1, 0.15) is 19.3 Å². The highest BCUT2D eigenvalue weighted by Gasteiger charge is 2.58. The minimum Gasteiger partial charge on any atom is -0.495 e. The van der Waals surface area contributed by atoms with Crippen molar-refractivity contribution in [2.24, 2.45) is 11.3 Å². The van der Waals surface area contributed by atoms with E-state index >= 15 is 0 Å². The molecule has 2 unspecified atom stereocenters. The average Bonchev–Trinajstić information content (AvgIpc) is 3.13. The summed E-state index contributed by atoms with van der Waals surface area (Å²) in [5, 5.41) is 2.90. The second kappa shape index (κ2) is 6.56. The molecule has 2 heterocycles. The van der Waals surface area contributed by atoms with Gasteiger partial charge >= 0.3 is 6.03 Å². The van der Waals surface area contributed by atoms with Crippen molar-refractivity contribution in [1.29, 1.82) is 0 Å². The number of carbonyl (C=O) groups is 1. The van der Waals surface area contributed by atoms with Gasteiger partial charge in [0.15, 0.2) is 0 Å². The van der Waals surface area contributed by atoms with Gasteiger partial charge in [-0.05, 0) is 36.5 Å². The van der Waals surface area contributed by atoms with Gasteiger partial charge < -0.3 is 19.7 Å². The van der Waals surface area contributed by atoms with Gasteiger partial charge in [0.2, 0.25) is 10.0 Å². The van der Waals surface area contributed by atoms with Gasteiger partial charge in [0.05, 0.1) is 44.0 Å². The van der Waals surface area contributed by atoms with E-state index in [4.69, 9.17) is 9.47 Å². The maximum atomic E-state index is 13.0. The van der Waals surface area contributed by atoms with Crippen molar-refractivity contribution >= 4 is 27.4 Å². The lowest BCUT2D eigenvalue weighted by molar-refractivity contribution is 0.0567. The molecule has 2 saturated heterocycles. The zero-order valence-electron chi connectivity index (χ0n) is 15.5. The van der Waals surface area contributed by atoms with E-state index < -0.39 is 10.0 Å². The molecule has 1 aromatic carbocycles. The van der Waals surface area contributed by atoms with Crippen LogP contribution in [-0.4, -0.2) is 58.5 Å². The molecule has 1 saturated carbocycles. The minimum atomic E-state index is -3.41. The van der Waals surface area contributed by atoms with Crippen LogP contribution in [0.5, 0.6) is 5.75 Å². The first-order valence-corrected chi connectivity index (χ1v) is 11.0. The summed E-state index contributed by atoms with van der Waals surface area (Å²) in [6, 6.07) is 4.69. The standard InChI is InChI=1S/C18H25N3O5S/c1-25-16-5-4-12(20-27(2,23)24)8-14(16)19-17(22)21-11-18(6-3-7-18)13-9-26-10-15(13)21/h4-5,8,13,15,20H,3,6-7,9-11H2,1-2H3,(H,19,22). The van der Waals surface area contributed by atoms with Gasteiger partial charge in [-0.2, -0.15) is 0 Å². The van der Waals surface area contributed by atoms with E-state index in [-0.39, 0.29) is 17.5 Å². The molecule has 1 spiro atoms. The quantitative estimate of drug-likeness (QED) is 0.814. The molecule has 2 aliphatic heterocycles. The summed E-state index contributed by atoms with van der Waals surface area (Å²) in [4.78, 5) is 14.9. The first-order valence-electron chi connectivity index (χ1n) is 9.12. The number of anilines is 2. The molecule has 2 N–H and O–H groups in total. The molecule has 2 atom stereocenters. The zero-order chi connectivity index (χ0) is 19.2. The number of urea groups is 1. The molecular weight excluding hydrogens is 370 g/mol. The predicted molar refractivity (Wildman–Crippen MR) is 102 cm³/mol. The van der Waals surface area contributed by atoms with Crippen molar-refractivity contribution < 1.29 is 22.7 Å². The Balaban J connectivity index is 1.54. The normalized spacial score (nSPS) is 25.8. The number of nitrogens with zero attached hydrogens (tertiary/aromatic N) is 1. The van der Waals surface area contributed by atoms with Crippen molar-refractivity contribution in [3.63, 3.8) is 0 Å². The van der Waals surface area contributed by atoms with Crippen LogP contribution >= 0.6 is 0 Å². The lowest BCUT2D eigenvalue weighted by Crippen LogP contribution is -2.41. The maximum Gasteiger partial charge on any atom is 0.322 e. The molecule has 148 valence electrons. The fraction of sp³-hybridized carbons (Fsp3) is 0.611. The summed E-state index contributed by atoms with van der Waals surface area (Å²) in [7, 11) is -1.90. The van der Waals surface area contributed by atoms with Gasteiger partial charge in [0, 0.05) is 12.5 Å². The average molecular weight is 395 g/mol. The number of hydrogen-bond donors (Lipinski definition) is 2. The molecule has 1 aliphatic carbocycles. The topological polar surface area (TPSA) is 97.0 Å². The molecule has 0 aromatic heterocycles. The Morgan fingerprint density at radius 2 is 2.11 bits per heavy atom. The van der Waals surface area contributed by atoms with Gasteiger partial charge in [-0.1, -0.05) is 6.42 Å². The second-order valence-electron chi connectivity index (χ2n) is 7.77. The Labute approximate surface area is 159 Å². The molecular formula is C18H25N3O5S. The predicted octanol–water partition coefficient (Wildman–Crippen LogP) is 2.10. The molecule has 9 heteroatoms. The Morgan fingerprint density at radius 1 is 1.33 bits per heavy atom. The van der Waals surface area contributed by atoms with Gasteiger partial charge in [-0.15, -0.1) is 0 Å². The number of rotatable bonds is 4. The summed E-state index contributed by atoms with van der Waals surface area (Å²) >= 11 is 0. The van der Waals surface area contributed by atoms with Gasteiger partial charge in [-0.25, -0.2) is 13.2 Å². The van der Waals surface area contributed by atoms with E-state index in [1.54, 1.807) is 18.2 Å². The highest BCUT2D eigenvalue weighted by Crippen LogP contribution is 2.55. The van der Waals surface area contributed by atoms with Crippen LogP contribution in [0.4, 0.5) is 16.2 Å². The van der Waals surface area contributed by atoms with Crippen LogP contribution in [0.3, 0.4) is 0 Å². The monoisotopic (exact) mass is 395 g/mol. The molecule has 3 aliphatic rings. The molecule has 0 radical (unpaired) electrons. The lowest BCUT2D eigenvalue weighted by Gasteiger charge is -2.41. The SMILES string of the molecule is COc1ccc(NS(C)(=O)=O)cc1NC(=O)N1CC2(CCC2)C2COCC21. The van der Waals surface area contributed by atoms with Crippen molar-refractivity contribution in [3.05, 3.63) is 18.2 Å². The van der Waals surface area contributed by atoms with Crippen molar-refractivity contribution in [1.82, 2.24) is 4.90 Å². The Hall–Kier alpha value is -2.00. The summed E-state index contributed by atoms with van der Waals surface area (Å²) in [5.41, 5.74) is 1.01. The lowest BCUT2D eigenvalue weighted by atomic mass is 9.62. The number of carbonyl (C=O) groups excluding carboxylic acids is 1. The molecule has 3 fully saturated rings. The van der Waals surface area contributed by atoms with E-state index in [1.807, 2.05) is 4.90 Å². The third-order valence-electron chi connectivity index (χ3n) is 6.08. The summed E-state index contributed by atoms with van der Waals surface area (Å²) in [6.45, 7) is 2.05. The zero-order valence-corrected chi connectivity index (χ0v) is 16.3. The number of likely N-dealkylation sites (tertiary alicyclic amines) is 1. The van der Waals surface area contributed by atoms with Gasteiger partial charge in [0.1, 0.15) is 5.75 Å². The molecule has 4 rings (SSSR count). The second-order valence-corrected chi connectivity index (χ2v) is 9.52. The Morgan fingerprint density at radius 3 is 2.74 bits per heavy atom. The van der Waals surface area contributed by atoms with E-state index in [2.05, 4.69) is 10.0 Å². The number of fused-ring (bicyclic) bond motifs is 2. The van der Waals surface area contributed by atoms with Crippen LogP contribution in [0, 0.1) is 11.3 Å². The van der Waals surface area contributed by atoms with Crippen LogP contribution in [0.2, 0.25) is 0 Å². The van der Waals surface area contributed by atoms with Crippen LogP contribution in [0.15, 0.2) is 18.2 Å². The number of sulfonamides is 1. The van der Waals surface area contributed by atoms with Crippen molar-refractivity contribution in [3.8, 4) is 5.75 Å². The minimum absolute atomic E-state index is 0.105. The van der Waals surface area contributed by atoms with Crippen LogP contribution < -0.4 is 14.8 Å². The number of nitrogens with one attached hydrogen (secondary N) is 2. The Kier molecular flexibility index (Phi) is 4.46. The number of methoxy groups -OCH3 is 1. The number of ether oxygens (including phenoxy) is 2. The van der Waals surface area contributed by atoms with Crippen LogP contribution in [-0.2, 0) is 14.8 Å². The molecule has 27 heavy (non-hydrogen) atoms. The maximum absolute atomic E-state index is 13.0. The first-order chi connectivity index (χ1) is 12.8. The van der Waals surface area contributed by atoms with Gasteiger partial charge in [-0.3, -0.25) is 4.72 Å². The number of amides is 2. The number of benzene rings is 1. The van der Waals surface area contributed by atoms with Crippen molar-refractivity contribution in [2.45, 2.75) is 25.3 Å². The summed E-state index contributed by atoms with van der Waals surface area (Å²) < 4.78 is 36.4. The number of hydrogen-bond acceptors (Lipinski definition) is 5. The molecule has 8 nitrogen and oxygen atoms in total. The fourth-order valence-electron chi connectivity index (χ4n) is 4.66. The third-order valence-corrected chi connectivity index (χ3v) is 6.68. The summed E-state index contributed by atoms with van der Waals surface area (Å²) in [6.07, 6.45) is 4.60. The third kappa shape index (κ3) is 3.34.